The van der Waals surface area contributed by atoms with Gasteiger partial charge in [0.15, 0.2) is 0 Å². The molecular weight excluding hydrogens is 464 g/mol. The van der Waals surface area contributed by atoms with Gasteiger partial charge < -0.3 is 0 Å². The molecule has 0 N–H and O–H groups in total. The molecule has 0 spiro atoms. The number of rotatable bonds is 0. The minimum Gasteiger partial charge on any atom is -0.0715 e. The van der Waals surface area contributed by atoms with Crippen LogP contribution in [0, 0.1) is 0 Å². The summed E-state index contributed by atoms with van der Waals surface area (Å²) >= 11 is 0. The maximum atomic E-state index is 2.27. The van der Waals surface area contributed by atoms with E-state index >= 15 is 0 Å². The minimum atomic E-state index is 0. The molecule has 0 aliphatic rings. The summed E-state index contributed by atoms with van der Waals surface area (Å²) in [7, 11) is 0.481. The summed E-state index contributed by atoms with van der Waals surface area (Å²) in [5.41, 5.74) is 0. The van der Waals surface area contributed by atoms with Crippen molar-refractivity contribution in [3.05, 3.63) is 0 Å². The summed E-state index contributed by atoms with van der Waals surface area (Å²) in [6.07, 6.45) is 0. The Labute approximate surface area is 140 Å². The van der Waals surface area contributed by atoms with Crippen LogP contribution in [0.3, 0.4) is 0 Å². The second kappa shape index (κ2) is 26.4. The van der Waals surface area contributed by atoms with Gasteiger partial charge in [-0.25, -0.2) is 0 Å². The van der Waals surface area contributed by atoms with Crippen molar-refractivity contribution in [1.29, 1.82) is 0 Å². The molecule has 0 amide bonds. The standard InChI is InChI=1S/4C3H9Si.Pb/c4*1-4(2)3;/h4*1-3H3;. The fraction of sp³-hybridized carbons (Fsp3) is 1.00. The molecule has 5 heteroatoms. The van der Waals surface area contributed by atoms with E-state index in [1.807, 2.05) is 0 Å². The molecule has 0 atom stereocenters. The van der Waals surface area contributed by atoms with Crippen LogP contribution >= 0.6 is 0 Å². The molecular formula is C12H36PbSi4. The van der Waals surface area contributed by atoms with E-state index in [2.05, 4.69) is 78.6 Å². The average Bonchev–Trinajstić information content (AvgIpc) is 1.76. The van der Waals surface area contributed by atoms with Crippen molar-refractivity contribution < 1.29 is 0 Å². The maximum Gasteiger partial charge on any atom is 0.0379 e. The van der Waals surface area contributed by atoms with Gasteiger partial charge in [-0.05, 0) is 0 Å². The van der Waals surface area contributed by atoms with Gasteiger partial charge in [0, 0.05) is 62.5 Å². The topological polar surface area (TPSA) is 0 Å². The molecule has 0 bridgehead atoms. The van der Waals surface area contributed by atoms with Crippen LogP contribution in [0.4, 0.5) is 0 Å². The first-order chi connectivity index (χ1) is 6.93. The molecule has 8 radical (unpaired) electrons. The molecule has 0 saturated heterocycles. The smallest absolute Gasteiger partial charge is 0.0379 e. The Balaban J connectivity index is -0.0000000369. The molecule has 104 valence electrons. The van der Waals surface area contributed by atoms with Gasteiger partial charge >= 0.3 is 0 Å². The third kappa shape index (κ3) is 1380. The van der Waals surface area contributed by atoms with E-state index in [1.165, 1.54) is 0 Å². The molecule has 0 fully saturated rings. The minimum absolute atomic E-state index is 0. The van der Waals surface area contributed by atoms with Gasteiger partial charge in [0.05, 0.1) is 0 Å². The summed E-state index contributed by atoms with van der Waals surface area (Å²) in [5.74, 6) is 0. The van der Waals surface area contributed by atoms with E-state index < -0.39 is 0 Å². The van der Waals surface area contributed by atoms with Crippen LogP contribution in [-0.4, -0.2) is 62.5 Å². The first-order valence-corrected chi connectivity index (χ1v) is 18.0. The van der Waals surface area contributed by atoms with Crippen LogP contribution in [-0.2, 0) is 0 Å². The molecule has 0 rings (SSSR count). The van der Waals surface area contributed by atoms with Gasteiger partial charge in [-0.1, -0.05) is 78.6 Å². The van der Waals surface area contributed by atoms with Crippen molar-refractivity contribution in [2.75, 3.05) is 0 Å². The molecule has 0 unspecified atom stereocenters. The van der Waals surface area contributed by atoms with Crippen LogP contribution in [0.2, 0.25) is 78.6 Å². The zero-order valence-corrected chi connectivity index (χ0v) is 22.4. The quantitative estimate of drug-likeness (QED) is 0.407. The Hall–Kier alpha value is 1.79. The maximum absolute atomic E-state index is 2.27. The van der Waals surface area contributed by atoms with Gasteiger partial charge in [-0.15, -0.1) is 0 Å². The zero-order chi connectivity index (χ0) is 14.3. The Morgan fingerprint density at radius 3 is 0.294 bits per heavy atom. The summed E-state index contributed by atoms with van der Waals surface area (Å²) in [4.78, 5) is 0. The van der Waals surface area contributed by atoms with Gasteiger partial charge in [0.1, 0.15) is 0 Å². The van der Waals surface area contributed by atoms with Gasteiger partial charge in [-0.2, -0.15) is 0 Å². The third-order valence-corrected chi connectivity index (χ3v) is 0. The first kappa shape index (κ1) is 31.3. The number of hydrogen-bond acceptors (Lipinski definition) is 0. The van der Waals surface area contributed by atoms with Gasteiger partial charge in [-0.3, -0.25) is 0 Å². The first-order valence-electron chi connectivity index (χ1n) is 6.00. The van der Waals surface area contributed by atoms with Gasteiger partial charge in [0.2, 0.25) is 0 Å². The Bertz CT molecular complexity index is 61.5. The molecule has 0 aliphatic heterocycles. The molecule has 0 heterocycles. The van der Waals surface area contributed by atoms with Crippen molar-refractivity contribution in [3.63, 3.8) is 0 Å². The van der Waals surface area contributed by atoms with Crippen LogP contribution in [0.5, 0.6) is 0 Å². The molecule has 0 aromatic heterocycles. The van der Waals surface area contributed by atoms with Gasteiger partial charge in [0.25, 0.3) is 0 Å². The molecule has 0 aliphatic carbocycles. The summed E-state index contributed by atoms with van der Waals surface area (Å²) in [5, 5.41) is 0. The third-order valence-electron chi connectivity index (χ3n) is 0. The van der Waals surface area contributed by atoms with Crippen LogP contribution in [0.25, 0.3) is 0 Å². The van der Waals surface area contributed by atoms with Crippen LogP contribution in [0.1, 0.15) is 0 Å². The largest absolute Gasteiger partial charge is 0.0715 e. The number of hydrogen-bond donors (Lipinski definition) is 0. The van der Waals surface area contributed by atoms with E-state index in [1.54, 1.807) is 0 Å². The predicted molar refractivity (Wildman–Crippen MR) is 99.1 cm³/mol. The van der Waals surface area contributed by atoms with Crippen molar-refractivity contribution in [2.45, 2.75) is 78.6 Å². The van der Waals surface area contributed by atoms with Crippen molar-refractivity contribution in [3.8, 4) is 0 Å². The summed E-state index contributed by atoms with van der Waals surface area (Å²) in [6, 6.07) is 0. The monoisotopic (exact) mass is 500 g/mol. The molecule has 0 aromatic rings. The Morgan fingerprint density at radius 2 is 0.294 bits per heavy atom. The Morgan fingerprint density at radius 1 is 0.294 bits per heavy atom. The average molecular weight is 500 g/mol. The zero-order valence-electron chi connectivity index (χ0n) is 14.5. The van der Waals surface area contributed by atoms with Crippen molar-refractivity contribution in [2.24, 2.45) is 0 Å². The van der Waals surface area contributed by atoms with E-state index in [0.29, 0.717) is 0 Å². The van der Waals surface area contributed by atoms with E-state index in [4.69, 9.17) is 0 Å². The molecule has 0 aromatic carbocycles. The fourth-order valence-electron chi connectivity index (χ4n) is 0. The normalized spacial score (nSPS) is 8.47. The van der Waals surface area contributed by atoms with E-state index in [9.17, 15) is 0 Å². The predicted octanol–water partition coefficient (Wildman–Crippen LogP) is 5.10. The molecule has 0 saturated carbocycles. The molecule has 17 heavy (non-hydrogen) atoms. The summed E-state index contributed by atoms with van der Waals surface area (Å²) in [6.45, 7) is 27.2. The second-order valence-electron chi connectivity index (χ2n) is 6.00. The van der Waals surface area contributed by atoms with Crippen LogP contribution < -0.4 is 0 Å². The fourth-order valence-corrected chi connectivity index (χ4v) is 0. The Kier molecular flexibility index (Phi) is 48.5. The summed E-state index contributed by atoms with van der Waals surface area (Å²) < 4.78 is 0. The van der Waals surface area contributed by atoms with Crippen LogP contribution in [0.15, 0.2) is 0 Å². The SMILES string of the molecule is C[Si](C)C.C[Si](C)C.C[Si](C)C.C[Si](C)C.[Pb]. The second-order valence-corrected chi connectivity index (χ2v) is 18.0. The van der Waals surface area contributed by atoms with E-state index in [-0.39, 0.29) is 62.5 Å². The van der Waals surface area contributed by atoms with Crippen molar-refractivity contribution >= 4 is 62.5 Å². The van der Waals surface area contributed by atoms with Crippen molar-refractivity contribution in [1.82, 2.24) is 0 Å². The molecule has 0 nitrogen and oxygen atoms in total. The van der Waals surface area contributed by atoms with E-state index in [0.717, 1.165) is 0 Å².